The van der Waals surface area contributed by atoms with Crippen molar-refractivity contribution in [2.45, 2.75) is 32.4 Å². The number of hydrogen-bond acceptors (Lipinski definition) is 3. The number of likely N-dealkylation sites (N-methyl/N-ethyl adjacent to an activating group) is 1. The zero-order valence-corrected chi connectivity index (χ0v) is 15.1. The number of nitrogens with zero attached hydrogens (tertiary/aromatic N) is 2. The normalized spacial score (nSPS) is 22.4. The molecule has 3 nitrogen and oxygen atoms in total. The molecule has 2 rings (SSSR count). The van der Waals surface area contributed by atoms with E-state index >= 15 is 0 Å². The van der Waals surface area contributed by atoms with E-state index in [4.69, 9.17) is 0 Å². The van der Waals surface area contributed by atoms with Gasteiger partial charge in [-0.25, -0.2) is 0 Å². The largest absolute Gasteiger partial charge is 0.310 e. The maximum Gasteiger partial charge on any atom is 0.0332 e. The summed E-state index contributed by atoms with van der Waals surface area (Å²) in [5.41, 5.74) is 1.39. The van der Waals surface area contributed by atoms with Crippen molar-refractivity contribution in [1.82, 2.24) is 15.1 Å². The summed E-state index contributed by atoms with van der Waals surface area (Å²) in [5.74, 6) is 0. The van der Waals surface area contributed by atoms with E-state index in [-0.39, 0.29) is 0 Å². The van der Waals surface area contributed by atoms with Crippen LogP contribution >= 0.6 is 15.9 Å². The lowest BCUT2D eigenvalue weighted by Gasteiger charge is -2.38. The minimum absolute atomic E-state index is 0.457. The van der Waals surface area contributed by atoms with Crippen molar-refractivity contribution in [2.24, 2.45) is 0 Å². The summed E-state index contributed by atoms with van der Waals surface area (Å²) in [6, 6.07) is 9.85. The van der Waals surface area contributed by atoms with E-state index in [9.17, 15) is 0 Å². The SMILES string of the molecule is CCNC(CCN1CCN(C)C(C)C1)c1ccc(Br)cc1. The van der Waals surface area contributed by atoms with Gasteiger partial charge < -0.3 is 15.1 Å². The quantitative estimate of drug-likeness (QED) is 0.847. The van der Waals surface area contributed by atoms with Crippen LogP contribution in [0.3, 0.4) is 0 Å². The first-order chi connectivity index (χ1) is 10.1. The van der Waals surface area contributed by atoms with Crippen LogP contribution in [-0.4, -0.2) is 55.6 Å². The van der Waals surface area contributed by atoms with Gasteiger partial charge in [-0.3, -0.25) is 0 Å². The van der Waals surface area contributed by atoms with Gasteiger partial charge in [0, 0.05) is 42.7 Å². The number of hydrogen-bond donors (Lipinski definition) is 1. The van der Waals surface area contributed by atoms with E-state index in [2.05, 4.69) is 76.2 Å². The second kappa shape index (κ2) is 8.28. The number of halogens is 1. The van der Waals surface area contributed by atoms with Crippen LogP contribution in [0.2, 0.25) is 0 Å². The number of rotatable bonds is 6. The van der Waals surface area contributed by atoms with Gasteiger partial charge in [-0.1, -0.05) is 35.0 Å². The molecule has 0 bridgehead atoms. The topological polar surface area (TPSA) is 18.5 Å². The molecule has 1 aromatic rings. The van der Waals surface area contributed by atoms with E-state index in [0.29, 0.717) is 12.1 Å². The molecule has 0 radical (unpaired) electrons. The molecule has 2 atom stereocenters. The van der Waals surface area contributed by atoms with Gasteiger partial charge >= 0.3 is 0 Å². The molecule has 1 saturated heterocycles. The third-order valence-corrected chi connectivity index (χ3v) is 5.03. The van der Waals surface area contributed by atoms with Gasteiger partial charge in [-0.15, -0.1) is 0 Å². The predicted molar refractivity (Wildman–Crippen MR) is 93.7 cm³/mol. The molecule has 1 aromatic carbocycles. The Kier molecular flexibility index (Phi) is 6.68. The molecule has 0 amide bonds. The maximum absolute atomic E-state index is 3.63. The zero-order valence-electron chi connectivity index (χ0n) is 13.5. The lowest BCUT2D eigenvalue weighted by atomic mass is 10.0. The Balaban J connectivity index is 1.89. The third kappa shape index (κ3) is 5.06. The van der Waals surface area contributed by atoms with Crippen LogP contribution in [-0.2, 0) is 0 Å². The average Bonchev–Trinajstić information content (AvgIpc) is 2.48. The standard InChI is InChI=1S/C17H28BrN3/c1-4-19-17(15-5-7-16(18)8-6-15)9-10-21-12-11-20(3)14(2)13-21/h5-8,14,17,19H,4,9-13H2,1-3H3. The summed E-state index contributed by atoms with van der Waals surface area (Å²) >= 11 is 3.51. The summed E-state index contributed by atoms with van der Waals surface area (Å²) in [5, 5.41) is 3.63. The number of piperazine rings is 1. The molecule has 1 heterocycles. The Morgan fingerprint density at radius 3 is 2.62 bits per heavy atom. The van der Waals surface area contributed by atoms with Crippen molar-refractivity contribution in [2.75, 3.05) is 39.8 Å². The minimum Gasteiger partial charge on any atom is -0.310 e. The molecular formula is C17H28BrN3. The second-order valence-electron chi connectivity index (χ2n) is 6.08. The predicted octanol–water partition coefficient (Wildman–Crippen LogP) is 3.13. The molecule has 0 aliphatic carbocycles. The first-order valence-corrected chi connectivity index (χ1v) is 8.81. The summed E-state index contributed by atoms with van der Waals surface area (Å²) in [7, 11) is 2.23. The molecule has 0 spiro atoms. The Hall–Kier alpha value is -0.420. The fraction of sp³-hybridized carbons (Fsp3) is 0.647. The van der Waals surface area contributed by atoms with Crippen molar-refractivity contribution in [3.8, 4) is 0 Å². The highest BCUT2D eigenvalue weighted by molar-refractivity contribution is 9.10. The lowest BCUT2D eigenvalue weighted by Crippen LogP contribution is -2.50. The fourth-order valence-electron chi connectivity index (χ4n) is 2.97. The van der Waals surface area contributed by atoms with Gasteiger partial charge in [0.05, 0.1) is 0 Å². The third-order valence-electron chi connectivity index (χ3n) is 4.50. The monoisotopic (exact) mass is 353 g/mol. The van der Waals surface area contributed by atoms with E-state index in [1.54, 1.807) is 0 Å². The lowest BCUT2D eigenvalue weighted by molar-refractivity contribution is 0.102. The highest BCUT2D eigenvalue weighted by atomic mass is 79.9. The summed E-state index contributed by atoms with van der Waals surface area (Å²) < 4.78 is 1.15. The van der Waals surface area contributed by atoms with Crippen LogP contribution in [0.25, 0.3) is 0 Å². The highest BCUT2D eigenvalue weighted by Crippen LogP contribution is 2.20. The molecule has 0 saturated carbocycles. The molecule has 4 heteroatoms. The van der Waals surface area contributed by atoms with Crippen molar-refractivity contribution in [1.29, 1.82) is 0 Å². The minimum atomic E-state index is 0.457. The molecular weight excluding hydrogens is 326 g/mol. The van der Waals surface area contributed by atoms with Crippen molar-refractivity contribution in [3.05, 3.63) is 34.3 Å². The van der Waals surface area contributed by atoms with Crippen molar-refractivity contribution < 1.29 is 0 Å². The Morgan fingerprint density at radius 1 is 1.29 bits per heavy atom. The molecule has 21 heavy (non-hydrogen) atoms. The molecule has 0 aromatic heterocycles. The number of benzene rings is 1. The van der Waals surface area contributed by atoms with Gasteiger partial charge in [-0.2, -0.15) is 0 Å². The first kappa shape index (κ1) is 16.9. The second-order valence-corrected chi connectivity index (χ2v) is 7.00. The summed E-state index contributed by atoms with van der Waals surface area (Å²) in [4.78, 5) is 5.06. The van der Waals surface area contributed by atoms with E-state index < -0.39 is 0 Å². The van der Waals surface area contributed by atoms with Crippen LogP contribution in [0.15, 0.2) is 28.7 Å². The smallest absolute Gasteiger partial charge is 0.0332 e. The molecule has 1 aliphatic rings. The van der Waals surface area contributed by atoms with Gasteiger partial charge in [0.2, 0.25) is 0 Å². The molecule has 1 N–H and O–H groups in total. The maximum atomic E-state index is 3.63. The summed E-state index contributed by atoms with van der Waals surface area (Å²) in [6.45, 7) is 10.3. The van der Waals surface area contributed by atoms with Crippen molar-refractivity contribution in [3.63, 3.8) is 0 Å². The fourth-order valence-corrected chi connectivity index (χ4v) is 3.23. The van der Waals surface area contributed by atoms with Crippen LogP contribution in [0.5, 0.6) is 0 Å². The van der Waals surface area contributed by atoms with Gasteiger partial charge in [0.25, 0.3) is 0 Å². The summed E-state index contributed by atoms with van der Waals surface area (Å²) in [6.07, 6.45) is 1.17. The van der Waals surface area contributed by atoms with Gasteiger partial charge in [0.15, 0.2) is 0 Å². The number of nitrogens with one attached hydrogen (secondary N) is 1. The van der Waals surface area contributed by atoms with E-state index in [1.807, 2.05) is 0 Å². The van der Waals surface area contributed by atoms with Crippen LogP contribution < -0.4 is 5.32 Å². The molecule has 1 aliphatic heterocycles. The van der Waals surface area contributed by atoms with Gasteiger partial charge in [0.1, 0.15) is 0 Å². The highest BCUT2D eigenvalue weighted by Gasteiger charge is 2.21. The first-order valence-electron chi connectivity index (χ1n) is 8.01. The van der Waals surface area contributed by atoms with Crippen LogP contribution in [0.1, 0.15) is 31.9 Å². The molecule has 118 valence electrons. The van der Waals surface area contributed by atoms with Crippen LogP contribution in [0.4, 0.5) is 0 Å². The van der Waals surface area contributed by atoms with Crippen molar-refractivity contribution >= 4 is 15.9 Å². The molecule has 1 fully saturated rings. The van der Waals surface area contributed by atoms with Crippen LogP contribution in [0, 0.1) is 0 Å². The van der Waals surface area contributed by atoms with Gasteiger partial charge in [-0.05, 0) is 44.6 Å². The zero-order chi connectivity index (χ0) is 15.2. The molecule has 2 unspecified atom stereocenters. The Morgan fingerprint density at radius 2 is 2.00 bits per heavy atom. The van der Waals surface area contributed by atoms with E-state index in [0.717, 1.165) is 11.0 Å². The Bertz CT molecular complexity index is 421. The average molecular weight is 354 g/mol. The van der Waals surface area contributed by atoms with E-state index in [1.165, 1.54) is 38.2 Å². The Labute approximate surface area is 137 Å².